The highest BCUT2D eigenvalue weighted by Crippen LogP contribution is 2.32. The Labute approximate surface area is 158 Å². The van der Waals surface area contributed by atoms with Gasteiger partial charge in [0.05, 0.1) is 11.8 Å². The van der Waals surface area contributed by atoms with Gasteiger partial charge in [-0.3, -0.25) is 9.59 Å². The van der Waals surface area contributed by atoms with E-state index in [1.807, 2.05) is 13.0 Å². The molecule has 4 rings (SSSR count). The number of hydrogen-bond donors (Lipinski definition) is 3. The predicted octanol–water partition coefficient (Wildman–Crippen LogP) is 3.96. The van der Waals surface area contributed by atoms with Gasteiger partial charge in [0.2, 0.25) is 5.91 Å². The molecule has 0 unspecified atom stereocenters. The van der Waals surface area contributed by atoms with Gasteiger partial charge in [-0.25, -0.2) is 5.43 Å². The van der Waals surface area contributed by atoms with Gasteiger partial charge in [0.1, 0.15) is 0 Å². The zero-order valence-corrected chi connectivity index (χ0v) is 15.9. The van der Waals surface area contributed by atoms with Gasteiger partial charge in [-0.2, -0.15) is 5.10 Å². The monoisotopic (exact) mass is 366 g/mol. The van der Waals surface area contributed by atoms with E-state index >= 15 is 0 Å². The zero-order chi connectivity index (χ0) is 19.0. The van der Waals surface area contributed by atoms with Crippen molar-refractivity contribution in [1.29, 1.82) is 0 Å². The molecule has 1 aromatic heterocycles. The Bertz CT molecular complexity index is 922. The number of carbonyl (C=O) groups excluding carboxylic acids is 2. The van der Waals surface area contributed by atoms with Crippen LogP contribution >= 0.6 is 0 Å². The Kier molecular flexibility index (Phi) is 4.72. The van der Waals surface area contributed by atoms with Gasteiger partial charge in [0.25, 0.3) is 5.91 Å². The number of H-pyrrole nitrogens is 1. The van der Waals surface area contributed by atoms with Crippen molar-refractivity contribution in [1.82, 2.24) is 10.4 Å². The van der Waals surface area contributed by atoms with Crippen LogP contribution < -0.4 is 10.7 Å². The minimum absolute atomic E-state index is 0.0253. The lowest BCUT2D eigenvalue weighted by molar-refractivity contribution is -0.121. The SMILES string of the molecule is CCc1[nH]c2cc(NC(=O)[C@H](C)C3CCCCC3)cc3c2c1C=NNC3=O. The van der Waals surface area contributed by atoms with E-state index in [1.165, 1.54) is 19.3 Å². The molecule has 3 N–H and O–H groups in total. The van der Waals surface area contributed by atoms with E-state index < -0.39 is 0 Å². The van der Waals surface area contributed by atoms with Crippen LogP contribution in [0.5, 0.6) is 0 Å². The van der Waals surface area contributed by atoms with Crippen molar-refractivity contribution in [2.24, 2.45) is 16.9 Å². The molecule has 2 amide bonds. The van der Waals surface area contributed by atoms with Gasteiger partial charge in [-0.1, -0.05) is 33.1 Å². The molecule has 27 heavy (non-hydrogen) atoms. The summed E-state index contributed by atoms with van der Waals surface area (Å²) in [5, 5.41) is 7.92. The maximum Gasteiger partial charge on any atom is 0.272 e. The van der Waals surface area contributed by atoms with Crippen LogP contribution in [0, 0.1) is 11.8 Å². The van der Waals surface area contributed by atoms with Crippen molar-refractivity contribution in [2.45, 2.75) is 52.4 Å². The molecule has 2 aliphatic rings. The number of aromatic nitrogens is 1. The number of carbonyl (C=O) groups is 2. The first kappa shape index (κ1) is 17.8. The van der Waals surface area contributed by atoms with Crippen molar-refractivity contribution >= 4 is 34.6 Å². The van der Waals surface area contributed by atoms with Crippen LogP contribution in [0.3, 0.4) is 0 Å². The van der Waals surface area contributed by atoms with Crippen LogP contribution in [-0.4, -0.2) is 23.0 Å². The van der Waals surface area contributed by atoms with Crippen LogP contribution in [0.15, 0.2) is 17.2 Å². The second-order valence-electron chi connectivity index (χ2n) is 7.69. The Balaban J connectivity index is 1.66. The predicted molar refractivity (Wildman–Crippen MR) is 107 cm³/mol. The number of benzene rings is 1. The molecule has 0 saturated heterocycles. The molecule has 6 heteroatoms. The van der Waals surface area contributed by atoms with Crippen molar-refractivity contribution in [3.63, 3.8) is 0 Å². The average Bonchev–Trinajstić information content (AvgIpc) is 2.95. The largest absolute Gasteiger partial charge is 0.358 e. The molecule has 1 aliphatic heterocycles. The molecule has 2 heterocycles. The van der Waals surface area contributed by atoms with E-state index in [-0.39, 0.29) is 17.7 Å². The Morgan fingerprint density at radius 1 is 1.30 bits per heavy atom. The number of aryl methyl sites for hydroxylation is 1. The van der Waals surface area contributed by atoms with E-state index in [9.17, 15) is 9.59 Å². The molecule has 6 nitrogen and oxygen atoms in total. The summed E-state index contributed by atoms with van der Waals surface area (Å²) in [4.78, 5) is 28.6. The molecule has 1 fully saturated rings. The van der Waals surface area contributed by atoms with Gasteiger partial charge in [0.15, 0.2) is 0 Å². The molecule has 2 aromatic rings. The molecule has 1 aliphatic carbocycles. The van der Waals surface area contributed by atoms with Crippen LogP contribution in [0.25, 0.3) is 10.9 Å². The normalized spacial score (nSPS) is 18.2. The van der Waals surface area contributed by atoms with Crippen molar-refractivity contribution in [3.8, 4) is 0 Å². The summed E-state index contributed by atoms with van der Waals surface area (Å²) in [6, 6.07) is 3.67. The second-order valence-corrected chi connectivity index (χ2v) is 7.69. The van der Waals surface area contributed by atoms with Gasteiger partial charge in [-0.15, -0.1) is 0 Å². The van der Waals surface area contributed by atoms with Crippen LogP contribution in [-0.2, 0) is 11.2 Å². The lowest BCUT2D eigenvalue weighted by Gasteiger charge is -2.26. The molecule has 1 atom stereocenters. The van der Waals surface area contributed by atoms with Crippen molar-refractivity contribution in [2.75, 3.05) is 5.32 Å². The summed E-state index contributed by atoms with van der Waals surface area (Å²) in [5.41, 5.74) is 6.56. The van der Waals surface area contributed by atoms with Gasteiger partial charge in [-0.05, 0) is 37.3 Å². The number of hydrazone groups is 1. The summed E-state index contributed by atoms with van der Waals surface area (Å²) in [7, 11) is 0. The standard InChI is InChI=1S/C21H26N4O2/c1-3-17-16-11-22-25-21(27)15-9-14(10-18(24-17)19(15)16)23-20(26)12(2)13-7-5-4-6-8-13/h9-13,24H,3-8H2,1-2H3,(H,23,26)(H,25,27)/t12-/m1/s1. The van der Waals surface area contributed by atoms with E-state index in [0.717, 1.165) is 41.4 Å². The number of hydrogen-bond acceptors (Lipinski definition) is 3. The molecular formula is C21H26N4O2. The zero-order valence-electron chi connectivity index (χ0n) is 15.9. The fourth-order valence-corrected chi connectivity index (χ4v) is 4.40. The van der Waals surface area contributed by atoms with Gasteiger partial charge < -0.3 is 10.3 Å². The highest BCUT2D eigenvalue weighted by atomic mass is 16.2. The average molecular weight is 366 g/mol. The van der Waals surface area contributed by atoms with E-state index in [2.05, 4.69) is 27.8 Å². The number of nitrogens with one attached hydrogen (secondary N) is 3. The summed E-state index contributed by atoms with van der Waals surface area (Å²) in [6.45, 7) is 4.07. The first-order valence-electron chi connectivity index (χ1n) is 9.91. The second kappa shape index (κ2) is 7.18. The van der Waals surface area contributed by atoms with Crippen LogP contribution in [0.2, 0.25) is 0 Å². The smallest absolute Gasteiger partial charge is 0.272 e. The number of amides is 2. The molecule has 0 radical (unpaired) electrons. The Morgan fingerprint density at radius 3 is 2.81 bits per heavy atom. The minimum atomic E-state index is -0.256. The van der Waals surface area contributed by atoms with Crippen LogP contribution in [0.4, 0.5) is 5.69 Å². The highest BCUT2D eigenvalue weighted by molar-refractivity contribution is 6.16. The van der Waals surface area contributed by atoms with Gasteiger partial charge in [0, 0.05) is 33.8 Å². The molecule has 1 saturated carbocycles. The third kappa shape index (κ3) is 3.24. The van der Waals surface area contributed by atoms with E-state index in [1.54, 1.807) is 12.3 Å². The summed E-state index contributed by atoms with van der Waals surface area (Å²) in [5.74, 6) is 0.196. The van der Waals surface area contributed by atoms with Crippen LogP contribution in [0.1, 0.15) is 67.6 Å². The lowest BCUT2D eigenvalue weighted by atomic mass is 9.80. The Morgan fingerprint density at radius 2 is 2.07 bits per heavy atom. The van der Waals surface area contributed by atoms with Gasteiger partial charge >= 0.3 is 0 Å². The maximum atomic E-state index is 12.8. The summed E-state index contributed by atoms with van der Waals surface area (Å²) >= 11 is 0. The number of anilines is 1. The van der Waals surface area contributed by atoms with Crippen molar-refractivity contribution < 1.29 is 9.59 Å². The molecule has 0 spiro atoms. The first-order valence-corrected chi connectivity index (χ1v) is 9.91. The maximum absolute atomic E-state index is 12.8. The fraction of sp³-hybridized carbons (Fsp3) is 0.476. The molecule has 0 bridgehead atoms. The lowest BCUT2D eigenvalue weighted by Crippen LogP contribution is -2.28. The molecule has 142 valence electrons. The van der Waals surface area contributed by atoms with E-state index in [4.69, 9.17) is 0 Å². The first-order chi connectivity index (χ1) is 13.1. The summed E-state index contributed by atoms with van der Waals surface area (Å²) < 4.78 is 0. The minimum Gasteiger partial charge on any atom is -0.358 e. The van der Waals surface area contributed by atoms with E-state index in [0.29, 0.717) is 17.2 Å². The highest BCUT2D eigenvalue weighted by Gasteiger charge is 2.26. The van der Waals surface area contributed by atoms with Crippen molar-refractivity contribution in [3.05, 3.63) is 29.0 Å². The summed E-state index contributed by atoms with van der Waals surface area (Å²) in [6.07, 6.45) is 8.45. The third-order valence-electron chi connectivity index (χ3n) is 6.01. The number of nitrogens with zero attached hydrogens (tertiary/aromatic N) is 1. The molecule has 1 aromatic carbocycles. The topological polar surface area (TPSA) is 86.3 Å². The third-order valence-corrected chi connectivity index (χ3v) is 6.01. The number of aromatic amines is 1. The fourth-order valence-electron chi connectivity index (χ4n) is 4.40. The quantitative estimate of drug-likeness (QED) is 0.765. The number of rotatable bonds is 4. The Hall–Kier alpha value is -2.63. The molecular weight excluding hydrogens is 340 g/mol.